The molecule has 133 heavy (non-hydrogen) atoms. The summed E-state index contributed by atoms with van der Waals surface area (Å²) in [5, 5.41) is 14.5. The third-order valence-electron chi connectivity index (χ3n) is 21.3. The van der Waals surface area contributed by atoms with Crippen LogP contribution in [0.2, 0.25) is 54.9 Å². The average Bonchev–Trinajstić information content (AvgIpc) is 1.64. The second-order valence-electron chi connectivity index (χ2n) is 39.7. The first-order valence-corrected chi connectivity index (χ1v) is 49.3. The fourth-order valence-corrected chi connectivity index (χ4v) is 18.0. The van der Waals surface area contributed by atoms with Gasteiger partial charge in [-0.3, -0.25) is 48.3 Å². The number of carbonyl (C=O) groups is 7. The van der Waals surface area contributed by atoms with Gasteiger partial charge in [0.05, 0.1) is 72.6 Å². The molecule has 6 aliphatic rings. The van der Waals surface area contributed by atoms with Crippen molar-refractivity contribution >= 4 is 160 Å². The first kappa shape index (κ1) is 116. The molecule has 0 bridgehead atoms. The summed E-state index contributed by atoms with van der Waals surface area (Å²) >= 11 is 41.3. The number of Topliss-reactive ketones (excluding diaryl/α,β-unsaturated/α-hetero) is 4. The van der Waals surface area contributed by atoms with Crippen molar-refractivity contribution in [3.8, 4) is 0 Å². The van der Waals surface area contributed by atoms with E-state index in [1.165, 1.54) is 39.1 Å². The fourth-order valence-electron chi connectivity index (χ4n) is 15.2. The zero-order valence-electron chi connectivity index (χ0n) is 80.9. The number of aromatic nitrogens is 13. The number of aryl methyl sites for hydroxylation is 2. The Hall–Kier alpha value is -7.93. The van der Waals surface area contributed by atoms with Crippen LogP contribution in [0.1, 0.15) is 293 Å². The van der Waals surface area contributed by atoms with Crippen LogP contribution in [-0.2, 0) is 97.1 Å². The molecule has 0 spiro atoms. The smallest absolute Gasteiger partial charge is 0.326 e. The molecule has 41 heteroatoms. The van der Waals surface area contributed by atoms with Gasteiger partial charge in [0.1, 0.15) is 57.7 Å². The third-order valence-corrected chi connectivity index (χ3v) is 27.3. The van der Waals surface area contributed by atoms with Crippen molar-refractivity contribution in [1.82, 2.24) is 70.1 Å². The average molecular weight is 2030 g/mol. The molecule has 0 saturated carbocycles. The largest absolute Gasteiger partial charge is 0.456 e. The van der Waals surface area contributed by atoms with Crippen molar-refractivity contribution in [2.45, 2.75) is 289 Å². The second-order valence-corrected chi connectivity index (χ2v) is 46.9. The van der Waals surface area contributed by atoms with Gasteiger partial charge in [-0.05, 0) is 207 Å². The van der Waals surface area contributed by atoms with Crippen LogP contribution in [0, 0.1) is 34.4 Å². The molecule has 5 atom stereocenters. The minimum absolute atomic E-state index is 0. The molecule has 0 saturated heterocycles. The summed E-state index contributed by atoms with van der Waals surface area (Å²) in [4.78, 5) is 159. The molecule has 7 heterocycles. The number of pyridine rings is 1. The number of halogens is 9. The fraction of sp³-hybridized carbons (Fsp3) is 0.609. The van der Waals surface area contributed by atoms with Crippen molar-refractivity contribution in [3.63, 3.8) is 0 Å². The van der Waals surface area contributed by atoms with Crippen LogP contribution in [0.25, 0.3) is 0 Å². The molecule has 13 rings (SSSR count). The number of hydrogen-bond donors (Lipinski definition) is 4. The van der Waals surface area contributed by atoms with Gasteiger partial charge < -0.3 is 48.7 Å². The topological polar surface area (TPSA) is 406 Å². The first-order valence-electron chi connectivity index (χ1n) is 43.8. The van der Waals surface area contributed by atoms with Crippen LogP contribution in [0.3, 0.4) is 0 Å². The molecule has 0 radical (unpaired) electrons. The van der Waals surface area contributed by atoms with Gasteiger partial charge >= 0.3 is 23.6 Å². The molecule has 0 aliphatic heterocycles. The van der Waals surface area contributed by atoms with Gasteiger partial charge in [0, 0.05) is 113 Å². The quantitative estimate of drug-likeness (QED) is 0.0181. The Balaban J connectivity index is 0.000000276. The van der Waals surface area contributed by atoms with E-state index >= 15 is 0 Å². The van der Waals surface area contributed by atoms with Gasteiger partial charge in [0.2, 0.25) is 26.4 Å². The zero-order valence-corrected chi connectivity index (χ0v) is 88.0. The monoisotopic (exact) mass is 2020 g/mol. The molecule has 0 amide bonds. The van der Waals surface area contributed by atoms with Gasteiger partial charge in [0.15, 0.2) is 25.7 Å². The number of H-pyrrole nitrogens is 2. The van der Waals surface area contributed by atoms with Crippen molar-refractivity contribution in [2.24, 2.45) is 21.7 Å². The number of hydrogen-bond acceptors (Lipinski definition) is 29. The van der Waals surface area contributed by atoms with Gasteiger partial charge in [0.25, 0.3) is 5.56 Å². The number of likely N-dealkylation sites (N-methyl/N-ethyl adjacent to an activating group) is 4. The Labute approximate surface area is 821 Å². The number of nitrogens with one attached hydrogen (secondary N) is 3. The highest BCUT2D eigenvalue weighted by atomic mass is 35.5. The lowest BCUT2D eigenvalue weighted by atomic mass is 9.90. The van der Waals surface area contributed by atoms with Crippen LogP contribution in [0.4, 0.5) is 21.8 Å². The van der Waals surface area contributed by atoms with Gasteiger partial charge in [-0.25, -0.2) is 59.0 Å². The molecule has 0 fully saturated rings. The van der Waals surface area contributed by atoms with Crippen molar-refractivity contribution in [3.05, 3.63) is 155 Å². The normalized spacial score (nSPS) is 16.4. The molecule has 7 aromatic heterocycles. The molecule has 6 aliphatic carbocycles. The summed E-state index contributed by atoms with van der Waals surface area (Å²) in [6.07, 6.45) is 11.7. The molecule has 734 valence electrons. The number of aromatic amines is 2. The molecule has 31 nitrogen and oxygen atoms in total. The van der Waals surface area contributed by atoms with Crippen LogP contribution in [0.15, 0.2) is 27.9 Å². The first-order chi connectivity index (χ1) is 61.0. The summed E-state index contributed by atoms with van der Waals surface area (Å²) in [5.41, 5.74) is 9.28. The maximum Gasteiger partial charge on any atom is 0.326 e. The highest BCUT2D eigenvalue weighted by molar-refractivity contribution is 6.74. The van der Waals surface area contributed by atoms with Crippen LogP contribution < -0.4 is 31.3 Å². The van der Waals surface area contributed by atoms with E-state index in [9.17, 15) is 52.6 Å². The summed E-state index contributed by atoms with van der Waals surface area (Å²) in [6, 6.07) is 2.72. The molecule has 4 N–H and O–H groups in total. The van der Waals surface area contributed by atoms with Gasteiger partial charge in [-0.1, -0.05) is 127 Å². The zero-order chi connectivity index (χ0) is 99.4. The number of fused-ring (bicyclic) bond motifs is 6. The minimum atomic E-state index is -1.92. The van der Waals surface area contributed by atoms with E-state index in [1.807, 2.05) is 67.6 Å². The summed E-state index contributed by atoms with van der Waals surface area (Å²) in [7, 11) is 5.41. The number of anilines is 3. The van der Waals surface area contributed by atoms with Crippen molar-refractivity contribution in [2.75, 3.05) is 69.1 Å². The summed E-state index contributed by atoms with van der Waals surface area (Å²) in [5.74, 6) is 1.52. The van der Waals surface area contributed by atoms with E-state index in [-0.39, 0.29) is 132 Å². The Morgan fingerprint density at radius 3 is 1.26 bits per heavy atom. The van der Waals surface area contributed by atoms with Gasteiger partial charge in [-0.15, -0.1) is 12.4 Å². The Morgan fingerprint density at radius 1 is 0.481 bits per heavy atom. The summed E-state index contributed by atoms with van der Waals surface area (Å²) in [6.45, 7) is 43.0. The number of carbonyl (C=O) groups excluding carboxylic acids is 7. The Bertz CT molecular complexity index is 5350. The molecule has 7 aromatic rings. The molecular formula is C92H130Cl8FN17O14Si. The number of aliphatic hydroxyl groups is 1. The predicted octanol–water partition coefficient (Wildman–Crippen LogP) is 18.6. The number of ether oxygens (including phenoxy) is 3. The van der Waals surface area contributed by atoms with E-state index < -0.39 is 43.8 Å². The molecular weight excluding hydrogens is 1900 g/mol. The van der Waals surface area contributed by atoms with Crippen LogP contribution in [-0.4, -0.2) is 174 Å². The maximum absolute atomic E-state index is 12.5. The number of nitrogens with zero attached hydrogens (tertiary/aromatic N) is 14. The second kappa shape index (κ2) is 50.4. The Morgan fingerprint density at radius 2 is 0.842 bits per heavy atom. The van der Waals surface area contributed by atoms with Crippen molar-refractivity contribution < 1.29 is 61.7 Å². The number of ketones is 4. The highest BCUT2D eigenvalue weighted by Gasteiger charge is 2.43. The standard InChI is InChI=1S/C21H36ClN3O2Si.C17H24ClN3O3.C15H22ClN3O2.C9H8Cl2N2O2.C9H10N2O4.C8H17NO.C7H6Cl2N2.C6H6FN.ClH/c1-20(2,3)12-14(26)13-25(7)18-15-10-11-16(17(15)23-19(22)24-18)27-28(8,9)21(4,5)6;1-10(22)24-13-7-6-12-14(13)19-16(18)20-15(12)21(5)9-11(23)8-17(2,3)4;1-15(2,3)7-9(20)8-19(4)13-10-5-6-11(21)12(10)17-14(16)18-13;1-4(14)15-6-3-2-5-7(6)12-9(11)13-8(5)10;1-4(12)15-6-3-2-5-7(6)10-9(14)11-8(5)13;1-8(2,3)5-7(10)6-9-4;8-6-4-2-1-3-5(4)10-7(9)11-6;1-5-4-6(7)2-3-8-5;/h16H,10-13H2,1-9H3;13H,6-9H2,1-5H3;11,21H,5-8H2,1-4H3;6H,2-3H2,1H3;6H,2-3H2,1H3,(H2,10,11,13,14);9H,5-6H2,1-4H3;1-3H2;2-4H,1H3;1H. The lowest BCUT2D eigenvalue weighted by molar-refractivity contribution is -0.147. The maximum atomic E-state index is 12.5. The highest BCUT2D eigenvalue weighted by Crippen LogP contribution is 2.46. The number of rotatable bonds is 20. The third kappa shape index (κ3) is 37.5. The van der Waals surface area contributed by atoms with E-state index in [0.29, 0.717) is 146 Å². The summed E-state index contributed by atoms with van der Waals surface area (Å²) < 4.78 is 34.1. The SMILES string of the molecule is CC(=O)OC1CCc2c(Cl)nc(Cl)nc21.CC(=O)OC1CCc2c1[nH]c(=O)[nH]c2=O.CC(=O)OC1CCc2c1nc(Cl)nc2N(C)CC(=O)CC(C)(C)C.CN(CC(=O)CC(C)(C)C)c1nc(Cl)nc2c1CCC2O.CN(CC(=O)CC(C)(C)C)c1nc(Cl)nc2c1CCC2O[Si](C)(C)C(C)(C)C.CNCC(=O)CC(C)(C)C.Cc1cc(F)ccn1.Cl.Clc1nc(Cl)c2c(n1)CCC2. The lowest BCUT2D eigenvalue weighted by Crippen LogP contribution is -2.41. The number of esters is 3. The van der Waals surface area contributed by atoms with Crippen LogP contribution >= 0.6 is 93.6 Å². The van der Waals surface area contributed by atoms with E-state index in [1.54, 1.807) is 23.8 Å². The van der Waals surface area contributed by atoms with Crippen molar-refractivity contribution in [1.29, 1.82) is 0 Å². The predicted molar refractivity (Wildman–Crippen MR) is 522 cm³/mol. The minimum Gasteiger partial charge on any atom is -0.456 e. The van der Waals surface area contributed by atoms with E-state index in [0.717, 1.165) is 77.1 Å². The lowest BCUT2D eigenvalue weighted by Gasteiger charge is -2.38. The number of aliphatic hydroxyl groups excluding tert-OH is 1. The molecule has 0 aromatic carbocycles. The Kier molecular flexibility index (Phi) is 43.8. The van der Waals surface area contributed by atoms with Gasteiger partial charge in [-0.2, -0.15) is 0 Å². The van der Waals surface area contributed by atoms with E-state index in [4.69, 9.17) is 99.8 Å². The van der Waals surface area contributed by atoms with Crippen LogP contribution in [0.5, 0.6) is 0 Å². The van der Waals surface area contributed by atoms with E-state index in [2.05, 4.69) is 146 Å². The molecule has 5 unspecified atom stereocenters.